The zero-order valence-electron chi connectivity index (χ0n) is 7.88. The summed E-state index contributed by atoms with van der Waals surface area (Å²) in [7, 11) is 0. The molecule has 1 N–H and O–H groups in total. The molecule has 0 spiro atoms. The van der Waals surface area contributed by atoms with E-state index in [1.807, 2.05) is 4.90 Å². The Balaban J connectivity index is 2.12. The topological polar surface area (TPSA) is 32.3 Å². The summed E-state index contributed by atoms with van der Waals surface area (Å²) in [5, 5.41) is 2.82. The van der Waals surface area contributed by atoms with Crippen molar-refractivity contribution >= 4 is 6.03 Å². The summed E-state index contributed by atoms with van der Waals surface area (Å²) >= 11 is 0. The first kappa shape index (κ1) is 9.91. The van der Waals surface area contributed by atoms with Gasteiger partial charge in [-0.1, -0.05) is 0 Å². The Kier molecular flexibility index (Phi) is 4.17. The van der Waals surface area contributed by atoms with E-state index in [0.717, 1.165) is 45.3 Å². The van der Waals surface area contributed by atoms with Crippen LogP contribution in [0.5, 0.6) is 0 Å². The number of hydrogen-bond acceptors (Lipinski definition) is 1. The van der Waals surface area contributed by atoms with E-state index in [4.69, 9.17) is 6.42 Å². The van der Waals surface area contributed by atoms with Crippen molar-refractivity contribution in [2.45, 2.75) is 25.7 Å². The van der Waals surface area contributed by atoms with Gasteiger partial charge in [-0.3, -0.25) is 0 Å². The van der Waals surface area contributed by atoms with E-state index >= 15 is 0 Å². The maximum absolute atomic E-state index is 11.2. The Hall–Kier alpha value is -1.17. The first-order valence-corrected chi connectivity index (χ1v) is 4.81. The van der Waals surface area contributed by atoms with Crippen LogP contribution < -0.4 is 5.32 Å². The normalized spacial score (nSPS) is 16.5. The predicted molar refractivity (Wildman–Crippen MR) is 52.3 cm³/mol. The molecule has 0 unspecified atom stereocenters. The van der Waals surface area contributed by atoms with Crippen LogP contribution in [0.3, 0.4) is 0 Å². The van der Waals surface area contributed by atoms with E-state index in [0.29, 0.717) is 0 Å². The van der Waals surface area contributed by atoms with Gasteiger partial charge >= 0.3 is 6.03 Å². The van der Waals surface area contributed by atoms with Crippen LogP contribution in [0.1, 0.15) is 25.7 Å². The molecule has 13 heavy (non-hydrogen) atoms. The number of urea groups is 1. The highest BCUT2D eigenvalue weighted by atomic mass is 16.2. The molecule has 2 amide bonds. The van der Waals surface area contributed by atoms with Gasteiger partial charge in [0.15, 0.2) is 0 Å². The van der Waals surface area contributed by atoms with Crippen molar-refractivity contribution in [3.05, 3.63) is 0 Å². The molecule has 0 aliphatic carbocycles. The summed E-state index contributed by atoms with van der Waals surface area (Å²) in [6.07, 6.45) is 9.03. The number of rotatable bonds is 4. The van der Waals surface area contributed by atoms with E-state index in [1.165, 1.54) is 0 Å². The predicted octanol–water partition coefficient (Wildman–Crippen LogP) is 1.21. The highest BCUT2D eigenvalue weighted by Gasteiger charge is 2.15. The van der Waals surface area contributed by atoms with Crippen molar-refractivity contribution in [1.29, 1.82) is 0 Å². The van der Waals surface area contributed by atoms with Crippen molar-refractivity contribution in [1.82, 2.24) is 10.2 Å². The molecule has 0 atom stereocenters. The zero-order valence-corrected chi connectivity index (χ0v) is 7.88. The number of amides is 2. The maximum atomic E-state index is 11.2. The van der Waals surface area contributed by atoms with E-state index in [9.17, 15) is 4.79 Å². The molecule has 1 aliphatic heterocycles. The van der Waals surface area contributed by atoms with Crippen LogP contribution >= 0.6 is 0 Å². The lowest BCUT2D eigenvalue weighted by Gasteiger charge is -2.27. The second-order valence-electron chi connectivity index (χ2n) is 3.23. The van der Waals surface area contributed by atoms with Gasteiger partial charge in [0.1, 0.15) is 0 Å². The molecule has 3 heteroatoms. The molecule has 1 rings (SSSR count). The third-order valence-corrected chi connectivity index (χ3v) is 2.17. The number of nitrogens with one attached hydrogen (secondary N) is 1. The van der Waals surface area contributed by atoms with Gasteiger partial charge in [0.2, 0.25) is 0 Å². The minimum atomic E-state index is 0.0759. The highest BCUT2D eigenvalue weighted by Crippen LogP contribution is 2.02. The van der Waals surface area contributed by atoms with E-state index < -0.39 is 0 Å². The fourth-order valence-electron chi connectivity index (χ4n) is 1.42. The Morgan fingerprint density at radius 1 is 1.54 bits per heavy atom. The van der Waals surface area contributed by atoms with E-state index in [-0.39, 0.29) is 6.03 Å². The monoisotopic (exact) mass is 180 g/mol. The number of unbranched alkanes of at least 4 members (excludes halogenated alkanes) is 2. The minimum absolute atomic E-state index is 0.0759. The van der Waals surface area contributed by atoms with Crippen LogP contribution in [0, 0.1) is 12.3 Å². The van der Waals surface area contributed by atoms with Gasteiger partial charge in [-0.05, 0) is 19.3 Å². The Labute approximate surface area is 79.5 Å². The van der Waals surface area contributed by atoms with Crippen molar-refractivity contribution in [2.24, 2.45) is 0 Å². The number of hydrogen-bond donors (Lipinski definition) is 1. The molecule has 0 aromatic rings. The fourth-order valence-corrected chi connectivity index (χ4v) is 1.42. The van der Waals surface area contributed by atoms with E-state index in [1.54, 1.807) is 0 Å². The second kappa shape index (κ2) is 5.47. The van der Waals surface area contributed by atoms with Crippen LogP contribution in [-0.2, 0) is 0 Å². The van der Waals surface area contributed by atoms with Gasteiger partial charge in [-0.2, -0.15) is 0 Å². The van der Waals surface area contributed by atoms with Gasteiger partial charge in [0.25, 0.3) is 0 Å². The number of carbonyl (C=O) groups is 1. The van der Waals surface area contributed by atoms with Crippen LogP contribution in [0.15, 0.2) is 0 Å². The smallest absolute Gasteiger partial charge is 0.317 e. The third kappa shape index (κ3) is 3.37. The summed E-state index contributed by atoms with van der Waals surface area (Å²) < 4.78 is 0. The third-order valence-electron chi connectivity index (χ3n) is 2.17. The van der Waals surface area contributed by atoms with Crippen molar-refractivity contribution < 1.29 is 4.79 Å². The van der Waals surface area contributed by atoms with Gasteiger partial charge in [-0.25, -0.2) is 4.79 Å². The minimum Gasteiger partial charge on any atom is -0.338 e. The lowest BCUT2D eigenvalue weighted by molar-refractivity contribution is 0.185. The van der Waals surface area contributed by atoms with Crippen molar-refractivity contribution in [3.63, 3.8) is 0 Å². The molecule has 0 aromatic heterocycles. The molecule has 72 valence electrons. The molecular formula is C10H16N2O. The molecule has 0 radical (unpaired) electrons. The summed E-state index contributed by atoms with van der Waals surface area (Å²) in [5.74, 6) is 2.60. The van der Waals surface area contributed by atoms with E-state index in [2.05, 4.69) is 11.2 Å². The molecule has 1 fully saturated rings. The lowest BCUT2D eigenvalue weighted by Crippen LogP contribution is -2.46. The van der Waals surface area contributed by atoms with Crippen LogP contribution in [-0.4, -0.2) is 30.6 Å². The average molecular weight is 180 g/mol. The number of carbonyl (C=O) groups excluding carboxylic acids is 1. The first-order chi connectivity index (χ1) is 6.34. The molecular weight excluding hydrogens is 164 g/mol. The Bertz CT molecular complexity index is 207. The molecule has 3 nitrogen and oxygen atoms in total. The van der Waals surface area contributed by atoms with Crippen LogP contribution in [0.25, 0.3) is 0 Å². The Morgan fingerprint density at radius 3 is 3.08 bits per heavy atom. The zero-order chi connectivity index (χ0) is 9.52. The standard InChI is InChI=1S/C10H16N2O/c1-2-3-4-5-8-12-9-6-7-11-10(12)13/h1H,3-9H2,(H,11,13). The average Bonchev–Trinajstić information content (AvgIpc) is 2.15. The first-order valence-electron chi connectivity index (χ1n) is 4.81. The Morgan fingerprint density at radius 2 is 2.38 bits per heavy atom. The van der Waals surface area contributed by atoms with Gasteiger partial charge in [-0.15, -0.1) is 12.3 Å². The summed E-state index contributed by atoms with van der Waals surface area (Å²) in [5.41, 5.74) is 0. The number of terminal acetylenes is 1. The van der Waals surface area contributed by atoms with Crippen molar-refractivity contribution in [2.75, 3.05) is 19.6 Å². The quantitative estimate of drug-likeness (QED) is 0.512. The number of nitrogens with zero attached hydrogens (tertiary/aromatic N) is 1. The summed E-state index contributed by atoms with van der Waals surface area (Å²) in [6, 6.07) is 0.0759. The largest absolute Gasteiger partial charge is 0.338 e. The summed E-state index contributed by atoms with van der Waals surface area (Å²) in [4.78, 5) is 13.1. The van der Waals surface area contributed by atoms with Gasteiger partial charge < -0.3 is 10.2 Å². The molecule has 1 aliphatic rings. The van der Waals surface area contributed by atoms with Crippen LogP contribution in [0.2, 0.25) is 0 Å². The molecule has 1 saturated heterocycles. The fraction of sp³-hybridized carbons (Fsp3) is 0.700. The lowest BCUT2D eigenvalue weighted by atomic mass is 10.2. The summed E-state index contributed by atoms with van der Waals surface area (Å²) in [6.45, 7) is 2.55. The molecule has 0 bridgehead atoms. The maximum Gasteiger partial charge on any atom is 0.317 e. The molecule has 1 heterocycles. The van der Waals surface area contributed by atoms with Gasteiger partial charge in [0.05, 0.1) is 0 Å². The molecule has 0 saturated carbocycles. The van der Waals surface area contributed by atoms with Gasteiger partial charge in [0, 0.05) is 26.1 Å². The molecule has 0 aromatic carbocycles. The van der Waals surface area contributed by atoms with Crippen molar-refractivity contribution in [3.8, 4) is 12.3 Å². The second-order valence-corrected chi connectivity index (χ2v) is 3.23. The SMILES string of the molecule is C#CCCCCN1CCCNC1=O. The van der Waals surface area contributed by atoms with Crippen LogP contribution in [0.4, 0.5) is 4.79 Å². The highest BCUT2D eigenvalue weighted by molar-refractivity contribution is 5.74.